The number of hydrogen-bond donors (Lipinski definition) is 0. The molecule has 0 atom stereocenters. The lowest BCUT2D eigenvalue weighted by Gasteiger charge is -2.23. The average molecular weight is 227 g/mol. The van der Waals surface area contributed by atoms with E-state index in [1.165, 1.54) is 11.1 Å². The summed E-state index contributed by atoms with van der Waals surface area (Å²) in [5.74, 6) is 2.18. The van der Waals surface area contributed by atoms with Crippen LogP contribution in [0.25, 0.3) is 0 Å². The van der Waals surface area contributed by atoms with Crippen molar-refractivity contribution in [2.75, 3.05) is 0 Å². The fraction of sp³-hybridized carbons (Fsp3) is 0.429. The van der Waals surface area contributed by atoms with E-state index >= 15 is 0 Å². The first-order valence-electron chi connectivity index (χ1n) is 6.05. The summed E-state index contributed by atoms with van der Waals surface area (Å²) in [7, 11) is 0. The van der Waals surface area contributed by atoms with Gasteiger partial charge in [-0.1, -0.05) is 45.0 Å². The van der Waals surface area contributed by atoms with E-state index in [0.29, 0.717) is 0 Å². The van der Waals surface area contributed by atoms with E-state index < -0.39 is 0 Å². The molecule has 1 aromatic carbocycles. The van der Waals surface area contributed by atoms with Crippen LogP contribution in [0.1, 0.15) is 43.5 Å². The second kappa shape index (κ2) is 3.42. The summed E-state index contributed by atoms with van der Waals surface area (Å²) in [4.78, 5) is 0. The molecule has 0 unspecified atom stereocenters. The molecule has 0 saturated carbocycles. The van der Waals surface area contributed by atoms with E-state index in [0.717, 1.165) is 24.6 Å². The molecule has 17 heavy (non-hydrogen) atoms. The molecule has 2 heterocycles. The summed E-state index contributed by atoms with van der Waals surface area (Å²) >= 11 is 0. The van der Waals surface area contributed by atoms with Crippen molar-refractivity contribution in [1.29, 1.82) is 0 Å². The molecule has 3 nitrogen and oxygen atoms in total. The van der Waals surface area contributed by atoms with Gasteiger partial charge in [-0.3, -0.25) is 0 Å². The van der Waals surface area contributed by atoms with Crippen molar-refractivity contribution in [1.82, 2.24) is 14.8 Å². The molecule has 0 saturated heterocycles. The Morgan fingerprint density at radius 3 is 2.47 bits per heavy atom. The minimum Gasteiger partial charge on any atom is -0.310 e. The highest BCUT2D eigenvalue weighted by atomic mass is 15.3. The molecule has 0 amide bonds. The third kappa shape index (κ3) is 1.66. The molecule has 0 radical (unpaired) electrons. The predicted octanol–water partition coefficient (Wildman–Crippen LogP) is 2.53. The maximum atomic E-state index is 4.37. The lowest BCUT2D eigenvalue weighted by Crippen LogP contribution is -2.23. The zero-order chi connectivity index (χ0) is 12.0. The quantitative estimate of drug-likeness (QED) is 0.591. The zero-order valence-electron chi connectivity index (χ0n) is 10.6. The summed E-state index contributed by atoms with van der Waals surface area (Å²) in [6.45, 7) is 7.46. The maximum Gasteiger partial charge on any atom is 0.138 e. The van der Waals surface area contributed by atoms with Crippen LogP contribution in [0.2, 0.25) is 0 Å². The summed E-state index contributed by atoms with van der Waals surface area (Å²) < 4.78 is 2.27. The van der Waals surface area contributed by atoms with Gasteiger partial charge in [-0.2, -0.15) is 0 Å². The first-order valence-corrected chi connectivity index (χ1v) is 6.05. The monoisotopic (exact) mass is 227 g/mol. The van der Waals surface area contributed by atoms with E-state index in [4.69, 9.17) is 0 Å². The highest BCUT2D eigenvalue weighted by Gasteiger charge is 2.26. The van der Waals surface area contributed by atoms with Gasteiger partial charge in [0.15, 0.2) is 0 Å². The lowest BCUT2D eigenvalue weighted by atomic mass is 9.94. The van der Waals surface area contributed by atoms with Gasteiger partial charge in [-0.15, -0.1) is 10.2 Å². The Morgan fingerprint density at radius 1 is 1.06 bits per heavy atom. The van der Waals surface area contributed by atoms with Crippen LogP contribution < -0.4 is 0 Å². The number of rotatable bonds is 0. The minimum atomic E-state index is 0.0531. The summed E-state index contributed by atoms with van der Waals surface area (Å²) in [5.41, 5.74) is 2.83. The van der Waals surface area contributed by atoms with Crippen LogP contribution in [0, 0.1) is 0 Å². The standard InChI is InChI=1S/C14H17N3/c1-14(2,3)13-16-15-12-8-10-6-4-5-7-11(10)9-17(12)13/h4-7H,8-9H2,1-3H3. The Kier molecular flexibility index (Phi) is 2.12. The Bertz CT molecular complexity index is 561. The Balaban J connectivity index is 2.09. The Morgan fingerprint density at radius 2 is 1.76 bits per heavy atom. The highest BCUT2D eigenvalue weighted by molar-refractivity contribution is 5.33. The number of hydrogen-bond acceptors (Lipinski definition) is 2. The predicted molar refractivity (Wildman–Crippen MR) is 67.1 cm³/mol. The van der Waals surface area contributed by atoms with Crippen LogP contribution in [0.15, 0.2) is 24.3 Å². The van der Waals surface area contributed by atoms with Crippen LogP contribution in [0.5, 0.6) is 0 Å². The van der Waals surface area contributed by atoms with Gasteiger partial charge in [0.25, 0.3) is 0 Å². The van der Waals surface area contributed by atoms with Crippen molar-refractivity contribution in [3.63, 3.8) is 0 Å². The van der Waals surface area contributed by atoms with E-state index in [2.05, 4.69) is 59.8 Å². The SMILES string of the molecule is CC(C)(C)c1nnc2n1Cc1ccccc1C2. The van der Waals surface area contributed by atoms with Crippen LogP contribution >= 0.6 is 0 Å². The number of nitrogens with zero attached hydrogens (tertiary/aromatic N) is 3. The van der Waals surface area contributed by atoms with Crippen molar-refractivity contribution in [3.05, 3.63) is 47.0 Å². The normalized spacial score (nSPS) is 14.3. The molecule has 3 rings (SSSR count). The van der Waals surface area contributed by atoms with Gasteiger partial charge in [-0.05, 0) is 11.1 Å². The van der Waals surface area contributed by atoms with Gasteiger partial charge >= 0.3 is 0 Å². The van der Waals surface area contributed by atoms with Crippen LogP contribution in [0.3, 0.4) is 0 Å². The second-order valence-electron chi connectivity index (χ2n) is 5.72. The van der Waals surface area contributed by atoms with Crippen LogP contribution in [-0.2, 0) is 18.4 Å². The first kappa shape index (κ1) is 10.5. The van der Waals surface area contributed by atoms with Gasteiger partial charge < -0.3 is 4.57 Å². The fourth-order valence-electron chi connectivity index (χ4n) is 2.41. The fourth-order valence-corrected chi connectivity index (χ4v) is 2.41. The molecule has 0 fully saturated rings. The highest BCUT2D eigenvalue weighted by Crippen LogP contribution is 2.27. The summed E-state index contributed by atoms with van der Waals surface area (Å²) in [5, 5.41) is 8.70. The van der Waals surface area contributed by atoms with Gasteiger partial charge in [0.2, 0.25) is 0 Å². The topological polar surface area (TPSA) is 30.7 Å². The van der Waals surface area contributed by atoms with Gasteiger partial charge in [0.05, 0.1) is 6.54 Å². The number of benzene rings is 1. The molecule has 0 bridgehead atoms. The van der Waals surface area contributed by atoms with Crippen molar-refractivity contribution in [2.45, 2.75) is 39.2 Å². The molecule has 1 aliphatic rings. The summed E-state index contributed by atoms with van der Waals surface area (Å²) in [6, 6.07) is 8.58. The van der Waals surface area contributed by atoms with Crippen molar-refractivity contribution < 1.29 is 0 Å². The molecule has 3 heteroatoms. The molecule has 0 aliphatic carbocycles. The molecule has 1 aliphatic heterocycles. The van der Waals surface area contributed by atoms with Crippen LogP contribution in [0.4, 0.5) is 0 Å². The maximum absolute atomic E-state index is 4.37. The van der Waals surface area contributed by atoms with Crippen LogP contribution in [-0.4, -0.2) is 14.8 Å². The Labute approximate surface area is 101 Å². The molecular weight excluding hydrogens is 210 g/mol. The molecule has 0 spiro atoms. The van der Waals surface area contributed by atoms with Gasteiger partial charge in [-0.25, -0.2) is 0 Å². The Hall–Kier alpha value is -1.64. The summed E-state index contributed by atoms with van der Waals surface area (Å²) in [6.07, 6.45) is 0.902. The second-order valence-corrected chi connectivity index (χ2v) is 5.72. The lowest BCUT2D eigenvalue weighted by molar-refractivity contribution is 0.501. The minimum absolute atomic E-state index is 0.0531. The third-order valence-electron chi connectivity index (χ3n) is 3.29. The first-order chi connectivity index (χ1) is 8.05. The van der Waals surface area contributed by atoms with E-state index in [1.54, 1.807) is 0 Å². The molecule has 88 valence electrons. The van der Waals surface area contributed by atoms with Gasteiger partial charge in [0, 0.05) is 11.8 Å². The van der Waals surface area contributed by atoms with Gasteiger partial charge in [0.1, 0.15) is 11.6 Å². The smallest absolute Gasteiger partial charge is 0.138 e. The largest absolute Gasteiger partial charge is 0.310 e. The van der Waals surface area contributed by atoms with Crippen molar-refractivity contribution in [2.24, 2.45) is 0 Å². The average Bonchev–Trinajstić information content (AvgIpc) is 2.68. The third-order valence-corrected chi connectivity index (χ3v) is 3.29. The number of fused-ring (bicyclic) bond motifs is 2. The van der Waals surface area contributed by atoms with E-state index in [1.807, 2.05) is 0 Å². The molecule has 2 aromatic rings. The number of aromatic nitrogens is 3. The molecular formula is C14H17N3. The van der Waals surface area contributed by atoms with E-state index in [9.17, 15) is 0 Å². The van der Waals surface area contributed by atoms with Crippen molar-refractivity contribution >= 4 is 0 Å². The zero-order valence-corrected chi connectivity index (χ0v) is 10.6. The van der Waals surface area contributed by atoms with E-state index in [-0.39, 0.29) is 5.41 Å². The molecule has 1 aromatic heterocycles. The van der Waals surface area contributed by atoms with Crippen molar-refractivity contribution in [3.8, 4) is 0 Å². The molecule has 0 N–H and O–H groups in total.